The first kappa shape index (κ1) is 18.4. The van der Waals surface area contributed by atoms with E-state index in [2.05, 4.69) is 28.7 Å². The Morgan fingerprint density at radius 2 is 2.17 bits per heavy atom. The van der Waals surface area contributed by atoms with Crippen LogP contribution in [0.5, 0.6) is 5.75 Å². The van der Waals surface area contributed by atoms with E-state index >= 15 is 0 Å². The number of aromatic nitrogens is 2. The van der Waals surface area contributed by atoms with Crippen molar-refractivity contribution in [1.82, 2.24) is 9.55 Å². The number of nitrogens with one attached hydrogen (secondary N) is 1. The summed E-state index contributed by atoms with van der Waals surface area (Å²) >= 11 is 1.48. The van der Waals surface area contributed by atoms with Gasteiger partial charge < -0.3 is 14.6 Å². The first-order valence-electron chi connectivity index (χ1n) is 8.15. The molecule has 1 aromatic carbocycles. The summed E-state index contributed by atoms with van der Waals surface area (Å²) < 4.78 is 7.38. The van der Waals surface area contributed by atoms with Crippen LogP contribution < -0.4 is 10.1 Å². The van der Waals surface area contributed by atoms with Crippen molar-refractivity contribution in [2.75, 3.05) is 18.2 Å². The second-order valence-electron chi connectivity index (χ2n) is 5.64. The summed E-state index contributed by atoms with van der Waals surface area (Å²) in [4.78, 5) is 16.8. The van der Waals surface area contributed by atoms with Gasteiger partial charge in [0.25, 0.3) is 0 Å². The van der Waals surface area contributed by atoms with E-state index in [0.29, 0.717) is 5.75 Å². The lowest BCUT2D eigenvalue weighted by molar-refractivity contribution is -0.113. The van der Waals surface area contributed by atoms with Crippen LogP contribution in [0.2, 0.25) is 0 Å². The molecular formula is C18H25N3O2S. The van der Waals surface area contributed by atoms with Crippen molar-refractivity contribution in [2.45, 2.75) is 45.3 Å². The minimum absolute atomic E-state index is 0.0476. The Kier molecular flexibility index (Phi) is 6.73. The van der Waals surface area contributed by atoms with Gasteiger partial charge in [-0.05, 0) is 32.4 Å². The third-order valence-corrected chi connectivity index (χ3v) is 4.82. The molecule has 0 fully saturated rings. The molecule has 0 saturated carbocycles. The summed E-state index contributed by atoms with van der Waals surface area (Å²) in [5, 5.41) is 3.81. The zero-order valence-electron chi connectivity index (χ0n) is 14.8. The third-order valence-electron chi connectivity index (χ3n) is 3.84. The standard InChI is InChI=1S/C18H25N3O2S/c1-5-6-10-21-14(3)13(2)19-18(21)24-12-17(22)20-15-8-7-9-16(11-15)23-4/h7-9,11H,5-6,10,12H2,1-4H3,(H,20,22). The van der Waals surface area contributed by atoms with Crippen LogP contribution in [0, 0.1) is 13.8 Å². The molecule has 0 saturated heterocycles. The lowest BCUT2D eigenvalue weighted by Gasteiger charge is -2.09. The van der Waals surface area contributed by atoms with Crippen LogP contribution in [0.1, 0.15) is 31.2 Å². The lowest BCUT2D eigenvalue weighted by Crippen LogP contribution is -2.14. The van der Waals surface area contributed by atoms with E-state index < -0.39 is 0 Å². The molecule has 0 aliphatic carbocycles. The quantitative estimate of drug-likeness (QED) is 0.732. The monoisotopic (exact) mass is 347 g/mol. The van der Waals surface area contributed by atoms with Crippen molar-refractivity contribution in [2.24, 2.45) is 0 Å². The molecule has 6 heteroatoms. The Morgan fingerprint density at radius 1 is 1.38 bits per heavy atom. The van der Waals surface area contributed by atoms with E-state index in [0.717, 1.165) is 41.7 Å². The van der Waals surface area contributed by atoms with Gasteiger partial charge in [-0.1, -0.05) is 31.2 Å². The van der Waals surface area contributed by atoms with Crippen molar-refractivity contribution in [1.29, 1.82) is 0 Å². The molecule has 24 heavy (non-hydrogen) atoms. The summed E-state index contributed by atoms with van der Waals surface area (Å²) in [5.41, 5.74) is 2.95. The molecule has 0 aliphatic rings. The van der Waals surface area contributed by atoms with Crippen molar-refractivity contribution < 1.29 is 9.53 Å². The predicted octanol–water partition coefficient (Wildman–Crippen LogP) is 4.04. The molecule has 2 aromatic rings. The van der Waals surface area contributed by atoms with Gasteiger partial charge in [0, 0.05) is 24.0 Å². The molecule has 0 spiro atoms. The highest BCUT2D eigenvalue weighted by molar-refractivity contribution is 7.99. The van der Waals surface area contributed by atoms with Gasteiger partial charge in [-0.15, -0.1) is 0 Å². The number of carbonyl (C=O) groups is 1. The van der Waals surface area contributed by atoms with Crippen LogP contribution in [0.15, 0.2) is 29.4 Å². The second kappa shape index (κ2) is 8.78. The maximum absolute atomic E-state index is 12.2. The molecule has 0 atom stereocenters. The molecule has 1 amide bonds. The highest BCUT2D eigenvalue weighted by Crippen LogP contribution is 2.23. The highest BCUT2D eigenvalue weighted by atomic mass is 32.2. The fraction of sp³-hybridized carbons (Fsp3) is 0.444. The number of rotatable bonds is 8. The normalized spacial score (nSPS) is 10.7. The number of amides is 1. The number of hydrogen-bond donors (Lipinski definition) is 1. The molecule has 0 unspecified atom stereocenters. The minimum Gasteiger partial charge on any atom is -0.497 e. The fourth-order valence-corrected chi connectivity index (χ4v) is 3.26. The molecule has 1 N–H and O–H groups in total. The lowest BCUT2D eigenvalue weighted by atomic mass is 10.3. The van der Waals surface area contributed by atoms with Crippen LogP contribution in [0.3, 0.4) is 0 Å². The first-order valence-corrected chi connectivity index (χ1v) is 9.14. The van der Waals surface area contributed by atoms with Crippen LogP contribution in [0.4, 0.5) is 5.69 Å². The third kappa shape index (κ3) is 4.77. The highest BCUT2D eigenvalue weighted by Gasteiger charge is 2.13. The number of anilines is 1. The molecule has 0 radical (unpaired) electrons. The Labute approximate surface area is 147 Å². The molecular weight excluding hydrogens is 322 g/mol. The number of thioether (sulfide) groups is 1. The van der Waals surface area contributed by atoms with E-state index in [4.69, 9.17) is 4.74 Å². The van der Waals surface area contributed by atoms with Gasteiger partial charge in [-0.25, -0.2) is 4.98 Å². The van der Waals surface area contributed by atoms with E-state index in [-0.39, 0.29) is 5.91 Å². The summed E-state index contributed by atoms with van der Waals surface area (Å²) in [6, 6.07) is 7.35. The number of hydrogen-bond acceptors (Lipinski definition) is 4. The molecule has 0 bridgehead atoms. The summed E-state index contributed by atoms with van der Waals surface area (Å²) in [5.74, 6) is 1.01. The van der Waals surface area contributed by atoms with E-state index in [1.165, 1.54) is 17.5 Å². The van der Waals surface area contributed by atoms with Crippen LogP contribution in [-0.2, 0) is 11.3 Å². The smallest absolute Gasteiger partial charge is 0.234 e. The molecule has 1 aromatic heterocycles. The van der Waals surface area contributed by atoms with Crippen molar-refractivity contribution in [3.63, 3.8) is 0 Å². The summed E-state index contributed by atoms with van der Waals surface area (Å²) in [6.45, 7) is 7.22. The maximum Gasteiger partial charge on any atom is 0.234 e. The van der Waals surface area contributed by atoms with Crippen LogP contribution >= 0.6 is 11.8 Å². The van der Waals surface area contributed by atoms with Gasteiger partial charge in [0.1, 0.15) is 5.75 Å². The Bertz CT molecular complexity index is 698. The number of nitrogens with zero attached hydrogens (tertiary/aromatic N) is 2. The number of methoxy groups -OCH3 is 1. The zero-order chi connectivity index (χ0) is 17.5. The molecule has 5 nitrogen and oxygen atoms in total. The molecule has 130 valence electrons. The number of benzene rings is 1. The predicted molar refractivity (Wildman–Crippen MR) is 99.0 cm³/mol. The van der Waals surface area contributed by atoms with Crippen molar-refractivity contribution in [3.05, 3.63) is 35.7 Å². The van der Waals surface area contributed by atoms with Crippen LogP contribution in [-0.4, -0.2) is 28.3 Å². The average Bonchev–Trinajstić information content (AvgIpc) is 2.85. The van der Waals surface area contributed by atoms with Gasteiger partial charge >= 0.3 is 0 Å². The first-order chi connectivity index (χ1) is 11.5. The van der Waals surface area contributed by atoms with Gasteiger partial charge in [0.2, 0.25) is 5.91 Å². The summed E-state index contributed by atoms with van der Waals surface area (Å²) in [6.07, 6.45) is 2.25. The molecule has 1 heterocycles. The minimum atomic E-state index is -0.0476. The van der Waals surface area contributed by atoms with E-state index in [1.54, 1.807) is 13.2 Å². The largest absolute Gasteiger partial charge is 0.497 e. The van der Waals surface area contributed by atoms with Crippen molar-refractivity contribution in [3.8, 4) is 5.75 Å². The SMILES string of the molecule is CCCCn1c(SCC(=O)Nc2cccc(OC)c2)nc(C)c1C. The zero-order valence-corrected chi connectivity index (χ0v) is 15.6. The van der Waals surface area contributed by atoms with E-state index in [9.17, 15) is 4.79 Å². The number of carbonyl (C=O) groups excluding carboxylic acids is 1. The average molecular weight is 347 g/mol. The molecule has 0 aliphatic heterocycles. The maximum atomic E-state index is 12.2. The Balaban J connectivity index is 1.97. The van der Waals surface area contributed by atoms with Gasteiger partial charge in [-0.2, -0.15) is 0 Å². The topological polar surface area (TPSA) is 56.2 Å². The van der Waals surface area contributed by atoms with Crippen molar-refractivity contribution >= 4 is 23.4 Å². The number of aryl methyl sites for hydroxylation is 1. The second-order valence-corrected chi connectivity index (χ2v) is 6.58. The van der Waals surface area contributed by atoms with Gasteiger partial charge in [-0.3, -0.25) is 4.79 Å². The van der Waals surface area contributed by atoms with Gasteiger partial charge in [0.05, 0.1) is 18.6 Å². The van der Waals surface area contributed by atoms with Gasteiger partial charge in [0.15, 0.2) is 5.16 Å². The fourth-order valence-electron chi connectivity index (χ4n) is 2.34. The number of ether oxygens (including phenoxy) is 1. The Morgan fingerprint density at radius 3 is 2.88 bits per heavy atom. The molecule has 2 rings (SSSR count). The van der Waals surface area contributed by atoms with Crippen LogP contribution in [0.25, 0.3) is 0 Å². The summed E-state index contributed by atoms with van der Waals surface area (Å²) in [7, 11) is 1.61. The number of unbranched alkanes of at least 4 members (excludes halogenated alkanes) is 1. The Hall–Kier alpha value is -1.95. The van der Waals surface area contributed by atoms with E-state index in [1.807, 2.05) is 25.1 Å². The number of imidazole rings is 1.